The highest BCUT2D eigenvalue weighted by atomic mass is 127. The van der Waals surface area contributed by atoms with Crippen molar-refractivity contribution in [3.05, 3.63) is 39.9 Å². The highest BCUT2D eigenvalue weighted by molar-refractivity contribution is 14.1. The highest BCUT2D eigenvalue weighted by Gasteiger charge is 2.03. The molecule has 3 N–H and O–H groups in total. The third kappa shape index (κ3) is 2.45. The molecule has 2 aromatic heterocycles. The predicted octanol–water partition coefficient (Wildman–Crippen LogP) is 1.22. The molecule has 0 bridgehead atoms. The molecular formula is C9H10IN5. The van der Waals surface area contributed by atoms with Crippen LogP contribution in [0.25, 0.3) is 0 Å². The molecule has 0 amide bonds. The van der Waals surface area contributed by atoms with Crippen molar-refractivity contribution >= 4 is 28.4 Å². The van der Waals surface area contributed by atoms with Crippen molar-refractivity contribution in [1.82, 2.24) is 14.8 Å². The average Bonchev–Trinajstić information content (AvgIpc) is 2.65. The van der Waals surface area contributed by atoms with Crippen molar-refractivity contribution in [3.63, 3.8) is 0 Å². The van der Waals surface area contributed by atoms with Crippen molar-refractivity contribution in [2.75, 3.05) is 5.43 Å². The number of halogens is 1. The zero-order valence-corrected chi connectivity index (χ0v) is 10.0. The van der Waals surface area contributed by atoms with Gasteiger partial charge in [0, 0.05) is 18.0 Å². The predicted molar refractivity (Wildman–Crippen MR) is 66.1 cm³/mol. The maximum atomic E-state index is 5.37. The Bertz CT molecular complexity index is 453. The minimum atomic E-state index is 0.663. The molecule has 15 heavy (non-hydrogen) atoms. The van der Waals surface area contributed by atoms with Gasteiger partial charge in [0.25, 0.3) is 0 Å². The van der Waals surface area contributed by atoms with E-state index in [1.807, 2.05) is 29.2 Å². The van der Waals surface area contributed by atoms with Gasteiger partial charge in [-0.2, -0.15) is 5.10 Å². The van der Waals surface area contributed by atoms with Crippen LogP contribution in [0.4, 0.5) is 5.82 Å². The van der Waals surface area contributed by atoms with Crippen LogP contribution >= 0.6 is 22.6 Å². The van der Waals surface area contributed by atoms with Crippen LogP contribution in [-0.4, -0.2) is 14.8 Å². The van der Waals surface area contributed by atoms with Gasteiger partial charge in [-0.05, 0) is 28.7 Å². The summed E-state index contributed by atoms with van der Waals surface area (Å²) in [5.41, 5.74) is 3.58. The van der Waals surface area contributed by atoms with Gasteiger partial charge < -0.3 is 5.43 Å². The first-order chi connectivity index (χ1) is 7.29. The normalized spacial score (nSPS) is 10.3. The Labute approximate surface area is 101 Å². The molecule has 0 atom stereocenters. The van der Waals surface area contributed by atoms with Gasteiger partial charge in [-0.25, -0.2) is 10.8 Å². The third-order valence-electron chi connectivity index (χ3n) is 1.96. The van der Waals surface area contributed by atoms with Crippen LogP contribution in [0.2, 0.25) is 0 Å². The van der Waals surface area contributed by atoms with E-state index >= 15 is 0 Å². The summed E-state index contributed by atoms with van der Waals surface area (Å²) in [5, 5.41) is 4.20. The fourth-order valence-corrected chi connectivity index (χ4v) is 1.74. The van der Waals surface area contributed by atoms with Crippen LogP contribution in [0.3, 0.4) is 0 Å². The number of nitrogens with two attached hydrogens (primary N) is 1. The first kappa shape index (κ1) is 10.4. The third-order valence-corrected chi connectivity index (χ3v) is 2.52. The topological polar surface area (TPSA) is 68.8 Å². The monoisotopic (exact) mass is 315 g/mol. The molecule has 2 rings (SSSR count). The van der Waals surface area contributed by atoms with Gasteiger partial charge in [-0.3, -0.25) is 4.68 Å². The lowest BCUT2D eigenvalue weighted by molar-refractivity contribution is 0.685. The van der Waals surface area contributed by atoms with Crippen molar-refractivity contribution in [2.45, 2.75) is 6.54 Å². The van der Waals surface area contributed by atoms with Crippen molar-refractivity contribution in [1.29, 1.82) is 0 Å². The Morgan fingerprint density at radius 2 is 2.40 bits per heavy atom. The smallest absolute Gasteiger partial charge is 0.144 e. The van der Waals surface area contributed by atoms with E-state index in [0.717, 1.165) is 9.13 Å². The van der Waals surface area contributed by atoms with Gasteiger partial charge in [0.15, 0.2) is 0 Å². The summed E-state index contributed by atoms with van der Waals surface area (Å²) in [6, 6.07) is 3.85. The number of aromatic nitrogens is 3. The number of hydrogen-bond acceptors (Lipinski definition) is 4. The van der Waals surface area contributed by atoms with Gasteiger partial charge in [0.1, 0.15) is 5.82 Å². The standard InChI is InChI=1S/C9H10IN5/c10-8-4-13-15(6-8)5-7-2-1-3-12-9(7)14-11/h1-4,6H,5,11H2,(H,12,14). The summed E-state index contributed by atoms with van der Waals surface area (Å²) in [6.45, 7) is 0.663. The number of hydrogen-bond donors (Lipinski definition) is 2. The molecule has 0 unspecified atom stereocenters. The number of pyridine rings is 1. The van der Waals surface area contributed by atoms with E-state index in [0.29, 0.717) is 12.4 Å². The molecule has 0 aliphatic rings. The SMILES string of the molecule is NNc1ncccc1Cn1cc(I)cn1. The molecule has 0 aliphatic heterocycles. The summed E-state index contributed by atoms with van der Waals surface area (Å²) in [7, 11) is 0. The van der Waals surface area contributed by atoms with Crippen molar-refractivity contribution in [3.8, 4) is 0 Å². The lowest BCUT2D eigenvalue weighted by Gasteiger charge is -2.06. The number of hydrazine groups is 1. The van der Waals surface area contributed by atoms with Gasteiger partial charge in [-0.15, -0.1) is 0 Å². The number of rotatable bonds is 3. The van der Waals surface area contributed by atoms with Crippen LogP contribution in [0.1, 0.15) is 5.56 Å². The van der Waals surface area contributed by atoms with Gasteiger partial charge >= 0.3 is 0 Å². The molecule has 2 heterocycles. The van der Waals surface area contributed by atoms with Gasteiger partial charge in [0.2, 0.25) is 0 Å². The van der Waals surface area contributed by atoms with E-state index < -0.39 is 0 Å². The second-order valence-electron chi connectivity index (χ2n) is 3.01. The van der Waals surface area contributed by atoms with E-state index in [-0.39, 0.29) is 0 Å². The maximum Gasteiger partial charge on any atom is 0.144 e. The van der Waals surface area contributed by atoms with Crippen molar-refractivity contribution in [2.24, 2.45) is 5.84 Å². The fourth-order valence-electron chi connectivity index (χ4n) is 1.30. The molecule has 0 radical (unpaired) electrons. The first-order valence-electron chi connectivity index (χ1n) is 4.38. The molecule has 0 aliphatic carbocycles. The quantitative estimate of drug-likeness (QED) is 0.508. The lowest BCUT2D eigenvalue weighted by Crippen LogP contribution is -2.12. The first-order valence-corrected chi connectivity index (χ1v) is 5.46. The van der Waals surface area contributed by atoms with Crippen LogP contribution in [-0.2, 0) is 6.54 Å². The second kappa shape index (κ2) is 4.58. The zero-order chi connectivity index (χ0) is 10.7. The Balaban J connectivity index is 2.23. The Kier molecular flexibility index (Phi) is 3.17. The number of anilines is 1. The van der Waals surface area contributed by atoms with Crippen LogP contribution in [0.5, 0.6) is 0 Å². The van der Waals surface area contributed by atoms with Gasteiger partial charge in [0.05, 0.1) is 16.3 Å². The van der Waals surface area contributed by atoms with E-state index in [2.05, 4.69) is 38.1 Å². The molecular weight excluding hydrogens is 305 g/mol. The Hall–Kier alpha value is -1.15. The molecule has 0 fully saturated rings. The summed E-state index contributed by atoms with van der Waals surface area (Å²) in [4.78, 5) is 4.12. The minimum Gasteiger partial charge on any atom is -0.308 e. The molecule has 78 valence electrons. The zero-order valence-electron chi connectivity index (χ0n) is 7.89. The van der Waals surface area contributed by atoms with Crippen LogP contribution in [0.15, 0.2) is 30.7 Å². The van der Waals surface area contributed by atoms with Crippen LogP contribution in [0, 0.1) is 3.57 Å². The molecule has 0 spiro atoms. The highest BCUT2D eigenvalue weighted by Crippen LogP contribution is 2.12. The molecule has 2 aromatic rings. The average molecular weight is 315 g/mol. The van der Waals surface area contributed by atoms with E-state index in [4.69, 9.17) is 5.84 Å². The largest absolute Gasteiger partial charge is 0.308 e. The van der Waals surface area contributed by atoms with E-state index in [1.165, 1.54) is 0 Å². The van der Waals surface area contributed by atoms with Crippen molar-refractivity contribution < 1.29 is 0 Å². The molecule has 5 nitrogen and oxygen atoms in total. The van der Waals surface area contributed by atoms with E-state index in [1.54, 1.807) is 6.20 Å². The van der Waals surface area contributed by atoms with E-state index in [9.17, 15) is 0 Å². The molecule has 0 aromatic carbocycles. The summed E-state index contributed by atoms with van der Waals surface area (Å²) in [6.07, 6.45) is 5.48. The number of nitrogen functional groups attached to an aromatic ring is 1. The number of nitrogens with one attached hydrogen (secondary N) is 1. The molecule has 0 saturated heterocycles. The lowest BCUT2D eigenvalue weighted by atomic mass is 10.2. The fraction of sp³-hybridized carbons (Fsp3) is 0.111. The van der Waals surface area contributed by atoms with Gasteiger partial charge in [-0.1, -0.05) is 6.07 Å². The second-order valence-corrected chi connectivity index (χ2v) is 4.26. The summed E-state index contributed by atoms with van der Waals surface area (Å²) < 4.78 is 2.96. The summed E-state index contributed by atoms with van der Waals surface area (Å²) in [5.74, 6) is 6.05. The Morgan fingerprint density at radius 1 is 1.53 bits per heavy atom. The maximum absolute atomic E-state index is 5.37. The number of nitrogens with zero attached hydrogens (tertiary/aromatic N) is 3. The van der Waals surface area contributed by atoms with Crippen LogP contribution < -0.4 is 11.3 Å². The summed E-state index contributed by atoms with van der Waals surface area (Å²) >= 11 is 2.22. The minimum absolute atomic E-state index is 0.663. The molecule has 6 heteroatoms. The Morgan fingerprint density at radius 3 is 3.07 bits per heavy atom. The molecule has 0 saturated carbocycles.